The molecule has 1 aromatic carbocycles. The van der Waals surface area contributed by atoms with Crippen molar-refractivity contribution in [1.82, 2.24) is 9.78 Å². The summed E-state index contributed by atoms with van der Waals surface area (Å²) in [7, 11) is -4.24. The highest BCUT2D eigenvalue weighted by molar-refractivity contribution is 7.50. The molecule has 1 aromatic heterocycles. The number of nitrogens with zero attached hydrogens (tertiary/aromatic N) is 3. The van der Waals surface area contributed by atoms with Gasteiger partial charge in [-0.05, 0) is 12.1 Å². The fourth-order valence-corrected chi connectivity index (χ4v) is 2.18. The number of hydrogen-bond donors (Lipinski definition) is 2. The van der Waals surface area contributed by atoms with Crippen LogP contribution in [0, 0.1) is 15.9 Å². The van der Waals surface area contributed by atoms with E-state index in [1.807, 2.05) is 0 Å². The monoisotopic (exact) mass is 301 g/mol. The van der Waals surface area contributed by atoms with Crippen LogP contribution in [-0.4, -0.2) is 24.5 Å². The molecule has 106 valence electrons. The van der Waals surface area contributed by atoms with Gasteiger partial charge in [-0.1, -0.05) is 0 Å². The minimum absolute atomic E-state index is 0.136. The van der Waals surface area contributed by atoms with E-state index in [1.165, 1.54) is 23.0 Å². The molecule has 8 nitrogen and oxygen atoms in total. The van der Waals surface area contributed by atoms with Crippen LogP contribution in [0.25, 0.3) is 5.69 Å². The SMILES string of the molecule is O=[N+]([O-])c1ccc(-n2ccc(CP(=O)(O)O)n2)cc1F. The van der Waals surface area contributed by atoms with Crippen LogP contribution in [0.1, 0.15) is 5.69 Å². The summed E-state index contributed by atoms with van der Waals surface area (Å²) >= 11 is 0. The molecule has 0 radical (unpaired) electrons. The average molecular weight is 301 g/mol. The van der Waals surface area contributed by atoms with E-state index in [1.54, 1.807) is 0 Å². The minimum atomic E-state index is -4.24. The van der Waals surface area contributed by atoms with E-state index in [2.05, 4.69) is 5.10 Å². The number of hydrogen-bond acceptors (Lipinski definition) is 4. The molecule has 0 aliphatic rings. The molecule has 0 spiro atoms. The van der Waals surface area contributed by atoms with Gasteiger partial charge in [0.2, 0.25) is 5.82 Å². The summed E-state index contributed by atoms with van der Waals surface area (Å²) in [6.45, 7) is 0. The van der Waals surface area contributed by atoms with Crippen LogP contribution in [-0.2, 0) is 10.7 Å². The van der Waals surface area contributed by atoms with Gasteiger partial charge in [-0.2, -0.15) is 9.49 Å². The highest BCUT2D eigenvalue weighted by Gasteiger charge is 2.17. The van der Waals surface area contributed by atoms with E-state index >= 15 is 0 Å². The first kappa shape index (κ1) is 14.3. The van der Waals surface area contributed by atoms with Crippen molar-refractivity contribution in [2.24, 2.45) is 0 Å². The third kappa shape index (κ3) is 3.27. The van der Waals surface area contributed by atoms with Gasteiger partial charge in [0.25, 0.3) is 0 Å². The Kier molecular flexibility index (Phi) is 3.67. The lowest BCUT2D eigenvalue weighted by molar-refractivity contribution is -0.387. The van der Waals surface area contributed by atoms with Crippen LogP contribution in [0.4, 0.5) is 10.1 Å². The molecule has 0 amide bonds. The molecule has 0 saturated carbocycles. The van der Waals surface area contributed by atoms with Gasteiger partial charge in [-0.15, -0.1) is 0 Å². The van der Waals surface area contributed by atoms with Crippen molar-refractivity contribution in [1.29, 1.82) is 0 Å². The largest absolute Gasteiger partial charge is 0.331 e. The second-order valence-electron chi connectivity index (χ2n) is 3.97. The summed E-state index contributed by atoms with van der Waals surface area (Å²) in [5.74, 6) is -1.01. The van der Waals surface area contributed by atoms with Crippen molar-refractivity contribution in [3.05, 3.63) is 52.1 Å². The Morgan fingerprint density at radius 2 is 2.10 bits per heavy atom. The normalized spacial score (nSPS) is 11.6. The molecule has 2 aromatic rings. The van der Waals surface area contributed by atoms with Gasteiger partial charge < -0.3 is 9.79 Å². The summed E-state index contributed by atoms with van der Waals surface area (Å²) in [5.41, 5.74) is -0.307. The predicted molar refractivity (Wildman–Crippen MR) is 65.9 cm³/mol. The lowest BCUT2D eigenvalue weighted by Crippen LogP contribution is -1.99. The van der Waals surface area contributed by atoms with Crippen molar-refractivity contribution >= 4 is 13.3 Å². The molecule has 2 N–H and O–H groups in total. The van der Waals surface area contributed by atoms with Crippen LogP contribution in [0.3, 0.4) is 0 Å². The van der Waals surface area contributed by atoms with Crippen molar-refractivity contribution in [2.45, 2.75) is 6.16 Å². The molecule has 2 rings (SSSR count). The average Bonchev–Trinajstić information content (AvgIpc) is 2.74. The Balaban J connectivity index is 2.31. The third-order valence-corrected chi connectivity index (χ3v) is 3.14. The number of halogens is 1. The fraction of sp³-hybridized carbons (Fsp3) is 0.100. The van der Waals surface area contributed by atoms with Crippen LogP contribution >= 0.6 is 7.60 Å². The first-order chi connectivity index (χ1) is 9.26. The van der Waals surface area contributed by atoms with E-state index in [0.717, 1.165) is 12.1 Å². The predicted octanol–water partition coefficient (Wildman–Crippen LogP) is 1.60. The maximum atomic E-state index is 13.5. The van der Waals surface area contributed by atoms with Gasteiger partial charge >= 0.3 is 13.3 Å². The van der Waals surface area contributed by atoms with Crippen LogP contribution < -0.4 is 0 Å². The molecule has 0 saturated heterocycles. The first-order valence-corrected chi connectivity index (χ1v) is 7.09. The van der Waals surface area contributed by atoms with Crippen molar-refractivity contribution in [2.75, 3.05) is 0 Å². The molecule has 0 unspecified atom stereocenters. The highest BCUT2D eigenvalue weighted by Crippen LogP contribution is 2.38. The van der Waals surface area contributed by atoms with E-state index in [4.69, 9.17) is 9.79 Å². The Labute approximate surface area is 111 Å². The van der Waals surface area contributed by atoms with Crippen LogP contribution in [0.5, 0.6) is 0 Å². The van der Waals surface area contributed by atoms with E-state index in [9.17, 15) is 19.1 Å². The van der Waals surface area contributed by atoms with Crippen LogP contribution in [0.15, 0.2) is 30.5 Å². The summed E-state index contributed by atoms with van der Waals surface area (Å²) in [4.78, 5) is 27.3. The van der Waals surface area contributed by atoms with Crippen LogP contribution in [0.2, 0.25) is 0 Å². The molecule has 0 aliphatic carbocycles. The molecule has 10 heteroatoms. The minimum Gasteiger partial charge on any atom is -0.324 e. The lowest BCUT2D eigenvalue weighted by atomic mass is 10.3. The number of rotatable bonds is 4. The first-order valence-electron chi connectivity index (χ1n) is 5.30. The number of aromatic nitrogens is 2. The zero-order valence-corrected chi connectivity index (χ0v) is 10.8. The van der Waals surface area contributed by atoms with Gasteiger partial charge in [-0.25, -0.2) is 4.68 Å². The zero-order chi connectivity index (χ0) is 14.9. The maximum Gasteiger partial charge on any atom is 0.331 e. The number of nitro benzene ring substituents is 1. The second-order valence-corrected chi connectivity index (χ2v) is 5.61. The number of nitro groups is 1. The van der Waals surface area contributed by atoms with Gasteiger partial charge in [-0.3, -0.25) is 14.7 Å². The van der Waals surface area contributed by atoms with E-state index < -0.39 is 30.2 Å². The van der Waals surface area contributed by atoms with Gasteiger partial charge in [0, 0.05) is 18.3 Å². The summed E-state index contributed by atoms with van der Waals surface area (Å²) in [6.07, 6.45) is 0.848. The topological polar surface area (TPSA) is 118 Å². The summed E-state index contributed by atoms with van der Waals surface area (Å²) < 4.78 is 25.5. The Hall–Kier alpha value is -2.09. The zero-order valence-electron chi connectivity index (χ0n) is 9.88. The molecular formula is C10H9FN3O5P. The third-order valence-electron chi connectivity index (χ3n) is 2.40. The molecule has 0 bridgehead atoms. The lowest BCUT2D eigenvalue weighted by Gasteiger charge is -2.02. The van der Waals surface area contributed by atoms with Crippen molar-refractivity contribution in [3.8, 4) is 5.69 Å². The Morgan fingerprint density at radius 3 is 2.65 bits per heavy atom. The molecule has 0 fully saturated rings. The van der Waals surface area contributed by atoms with Gasteiger partial charge in [0.05, 0.1) is 22.5 Å². The molecule has 20 heavy (non-hydrogen) atoms. The molecule has 0 aliphatic heterocycles. The van der Waals surface area contributed by atoms with Gasteiger partial charge in [0.15, 0.2) is 0 Å². The summed E-state index contributed by atoms with van der Waals surface area (Å²) in [5, 5.41) is 14.4. The van der Waals surface area contributed by atoms with E-state index in [0.29, 0.717) is 0 Å². The standard InChI is InChI=1S/C10H9FN3O5P/c11-9-5-8(1-2-10(9)14(15)16)13-4-3-7(12-13)6-20(17,18)19/h1-5H,6H2,(H2,17,18,19). The Bertz CT molecular complexity index is 711. The van der Waals surface area contributed by atoms with Gasteiger partial charge in [0.1, 0.15) is 0 Å². The number of benzene rings is 1. The smallest absolute Gasteiger partial charge is 0.324 e. The fourth-order valence-electron chi connectivity index (χ4n) is 1.59. The maximum absolute atomic E-state index is 13.5. The molecule has 0 atom stereocenters. The molecular weight excluding hydrogens is 292 g/mol. The summed E-state index contributed by atoms with van der Waals surface area (Å²) in [6, 6.07) is 4.58. The van der Waals surface area contributed by atoms with Crippen molar-refractivity contribution in [3.63, 3.8) is 0 Å². The highest BCUT2D eigenvalue weighted by atomic mass is 31.2. The second kappa shape index (κ2) is 5.12. The van der Waals surface area contributed by atoms with E-state index in [-0.39, 0.29) is 11.4 Å². The van der Waals surface area contributed by atoms with Crippen molar-refractivity contribution < 1.29 is 23.7 Å². The molecule has 1 heterocycles. The quantitative estimate of drug-likeness (QED) is 0.503. The Morgan fingerprint density at radius 1 is 1.40 bits per heavy atom.